The average molecular weight is 380 g/mol. The molecule has 2 unspecified atom stereocenters. The number of carbonyl (C=O) groups excluding carboxylic acids is 2. The molecule has 6 nitrogen and oxygen atoms in total. The van der Waals surface area contributed by atoms with Gasteiger partial charge in [-0.25, -0.2) is 4.79 Å². The lowest BCUT2D eigenvalue weighted by molar-refractivity contribution is -0.134. The van der Waals surface area contributed by atoms with Crippen LogP contribution in [0.3, 0.4) is 0 Å². The van der Waals surface area contributed by atoms with E-state index >= 15 is 0 Å². The molecule has 1 aliphatic heterocycles. The fourth-order valence-corrected chi connectivity index (χ4v) is 3.59. The van der Waals surface area contributed by atoms with Crippen LogP contribution in [-0.4, -0.2) is 41.4 Å². The van der Waals surface area contributed by atoms with Crippen LogP contribution in [0.15, 0.2) is 54.6 Å². The molecule has 0 bridgehead atoms. The van der Waals surface area contributed by atoms with E-state index in [4.69, 9.17) is 5.73 Å². The van der Waals surface area contributed by atoms with E-state index in [0.717, 1.165) is 17.5 Å². The number of urea groups is 1. The van der Waals surface area contributed by atoms with Crippen molar-refractivity contribution in [2.75, 3.05) is 19.3 Å². The molecule has 0 aromatic heterocycles. The Balaban J connectivity index is 1.61. The van der Waals surface area contributed by atoms with Gasteiger partial charge in [-0.2, -0.15) is 0 Å². The van der Waals surface area contributed by atoms with Crippen LogP contribution in [0.4, 0.5) is 10.5 Å². The Morgan fingerprint density at radius 1 is 1.18 bits per heavy atom. The van der Waals surface area contributed by atoms with Crippen LogP contribution < -0.4 is 11.1 Å². The first-order chi connectivity index (χ1) is 13.5. The number of benzene rings is 2. The molecule has 28 heavy (non-hydrogen) atoms. The number of hydrogen-bond acceptors (Lipinski definition) is 3. The zero-order chi connectivity index (χ0) is 20.1. The van der Waals surface area contributed by atoms with Gasteiger partial charge in [-0.05, 0) is 43.0 Å². The SMILES string of the molecule is CC(NC(=O)N1CCCC1C(=O)N(C)Cc1ccc(N)cc1)c1ccccc1. The summed E-state index contributed by atoms with van der Waals surface area (Å²) in [5.41, 5.74) is 8.47. The third-order valence-corrected chi connectivity index (χ3v) is 5.21. The molecule has 0 spiro atoms. The summed E-state index contributed by atoms with van der Waals surface area (Å²) in [4.78, 5) is 29.1. The van der Waals surface area contributed by atoms with Crippen molar-refractivity contribution < 1.29 is 9.59 Å². The van der Waals surface area contributed by atoms with Gasteiger partial charge in [0.15, 0.2) is 0 Å². The van der Waals surface area contributed by atoms with Gasteiger partial charge in [0.05, 0.1) is 6.04 Å². The first-order valence-corrected chi connectivity index (χ1v) is 9.67. The molecule has 3 amide bonds. The second-order valence-electron chi connectivity index (χ2n) is 7.37. The fourth-order valence-electron chi connectivity index (χ4n) is 3.59. The van der Waals surface area contributed by atoms with Crippen LogP contribution in [-0.2, 0) is 11.3 Å². The van der Waals surface area contributed by atoms with E-state index in [1.54, 1.807) is 16.8 Å². The molecule has 6 heteroatoms. The molecule has 3 rings (SSSR count). The van der Waals surface area contributed by atoms with Crippen LogP contribution in [0, 0.1) is 0 Å². The van der Waals surface area contributed by atoms with Crippen molar-refractivity contribution in [1.82, 2.24) is 15.1 Å². The largest absolute Gasteiger partial charge is 0.399 e. The Bertz CT molecular complexity index is 807. The molecule has 2 aromatic rings. The summed E-state index contributed by atoms with van der Waals surface area (Å²) in [6.45, 7) is 3.04. The third-order valence-electron chi connectivity index (χ3n) is 5.21. The summed E-state index contributed by atoms with van der Waals surface area (Å²) in [5.74, 6) is -0.0307. The minimum absolute atomic E-state index is 0.0307. The minimum Gasteiger partial charge on any atom is -0.399 e. The quantitative estimate of drug-likeness (QED) is 0.782. The number of likely N-dealkylation sites (N-methyl/N-ethyl adjacent to an activating group) is 1. The van der Waals surface area contributed by atoms with Crippen molar-refractivity contribution in [3.63, 3.8) is 0 Å². The topological polar surface area (TPSA) is 78.7 Å². The molecule has 0 aliphatic carbocycles. The molecule has 1 saturated heterocycles. The maximum Gasteiger partial charge on any atom is 0.318 e. The Labute approximate surface area is 166 Å². The van der Waals surface area contributed by atoms with Gasteiger partial charge < -0.3 is 20.9 Å². The fraction of sp³-hybridized carbons (Fsp3) is 0.364. The summed E-state index contributed by atoms with van der Waals surface area (Å²) >= 11 is 0. The molecule has 3 N–H and O–H groups in total. The number of nitrogens with two attached hydrogens (primary N) is 1. The van der Waals surface area contributed by atoms with Crippen molar-refractivity contribution in [3.05, 3.63) is 65.7 Å². The van der Waals surface area contributed by atoms with Crippen LogP contribution in [0.5, 0.6) is 0 Å². The molecular weight excluding hydrogens is 352 g/mol. The zero-order valence-electron chi connectivity index (χ0n) is 16.5. The lowest BCUT2D eigenvalue weighted by Crippen LogP contribution is -2.50. The second kappa shape index (κ2) is 8.78. The molecule has 2 aromatic carbocycles. The van der Waals surface area contributed by atoms with E-state index in [9.17, 15) is 9.59 Å². The number of nitrogen functional groups attached to an aromatic ring is 1. The molecule has 148 valence electrons. The van der Waals surface area contributed by atoms with E-state index < -0.39 is 6.04 Å². The first kappa shape index (κ1) is 19.7. The van der Waals surface area contributed by atoms with E-state index in [0.29, 0.717) is 25.2 Å². The van der Waals surface area contributed by atoms with Gasteiger partial charge in [-0.15, -0.1) is 0 Å². The molecule has 1 heterocycles. The molecule has 1 aliphatic rings. The first-order valence-electron chi connectivity index (χ1n) is 9.67. The monoisotopic (exact) mass is 380 g/mol. The average Bonchev–Trinajstić information content (AvgIpc) is 3.19. The van der Waals surface area contributed by atoms with Gasteiger partial charge in [-0.3, -0.25) is 4.79 Å². The summed E-state index contributed by atoms with van der Waals surface area (Å²) in [5, 5.41) is 3.02. The van der Waals surface area contributed by atoms with Crippen LogP contribution >= 0.6 is 0 Å². The standard InChI is InChI=1S/C22H28N4O2/c1-16(18-7-4-3-5-8-18)24-22(28)26-14-6-9-20(26)21(27)25(2)15-17-10-12-19(23)13-11-17/h3-5,7-8,10-13,16,20H,6,9,14-15,23H2,1-2H3,(H,24,28). The Morgan fingerprint density at radius 3 is 2.54 bits per heavy atom. The normalized spacial score (nSPS) is 17.2. The Hall–Kier alpha value is -3.02. The molecule has 2 atom stereocenters. The number of nitrogens with one attached hydrogen (secondary N) is 1. The lowest BCUT2D eigenvalue weighted by Gasteiger charge is -2.29. The van der Waals surface area contributed by atoms with Crippen LogP contribution in [0.1, 0.15) is 36.9 Å². The van der Waals surface area contributed by atoms with E-state index in [1.165, 1.54) is 0 Å². The van der Waals surface area contributed by atoms with Crippen molar-refractivity contribution in [3.8, 4) is 0 Å². The van der Waals surface area contributed by atoms with E-state index in [2.05, 4.69) is 5.32 Å². The molecule has 0 radical (unpaired) electrons. The maximum atomic E-state index is 13.0. The van der Waals surface area contributed by atoms with Gasteiger partial charge >= 0.3 is 6.03 Å². The lowest BCUT2D eigenvalue weighted by atomic mass is 10.1. The molecule has 0 saturated carbocycles. The maximum absolute atomic E-state index is 13.0. The highest BCUT2D eigenvalue weighted by Gasteiger charge is 2.36. The summed E-state index contributed by atoms with van der Waals surface area (Å²) in [6, 6.07) is 16.6. The van der Waals surface area contributed by atoms with Gasteiger partial charge in [0.25, 0.3) is 0 Å². The summed E-state index contributed by atoms with van der Waals surface area (Å²) in [6.07, 6.45) is 1.53. The number of likely N-dealkylation sites (tertiary alicyclic amines) is 1. The highest BCUT2D eigenvalue weighted by Crippen LogP contribution is 2.21. The number of anilines is 1. The third kappa shape index (κ3) is 4.63. The van der Waals surface area contributed by atoms with E-state index in [-0.39, 0.29) is 18.0 Å². The van der Waals surface area contributed by atoms with Crippen LogP contribution in [0.2, 0.25) is 0 Å². The van der Waals surface area contributed by atoms with Gasteiger partial charge in [0.1, 0.15) is 6.04 Å². The predicted octanol–water partition coefficient (Wildman–Crippen LogP) is 3.16. The smallest absolute Gasteiger partial charge is 0.318 e. The Kier molecular flexibility index (Phi) is 6.19. The Morgan fingerprint density at radius 2 is 1.86 bits per heavy atom. The highest BCUT2D eigenvalue weighted by molar-refractivity contribution is 5.87. The van der Waals surface area contributed by atoms with Gasteiger partial charge in [-0.1, -0.05) is 42.5 Å². The van der Waals surface area contributed by atoms with Crippen molar-refractivity contribution >= 4 is 17.6 Å². The van der Waals surface area contributed by atoms with Crippen molar-refractivity contribution in [2.45, 2.75) is 38.4 Å². The van der Waals surface area contributed by atoms with Gasteiger partial charge in [0, 0.05) is 25.8 Å². The number of nitrogens with zero attached hydrogens (tertiary/aromatic N) is 2. The van der Waals surface area contributed by atoms with Crippen molar-refractivity contribution in [1.29, 1.82) is 0 Å². The number of amides is 3. The van der Waals surface area contributed by atoms with E-state index in [1.807, 2.05) is 61.5 Å². The van der Waals surface area contributed by atoms with Crippen LogP contribution in [0.25, 0.3) is 0 Å². The van der Waals surface area contributed by atoms with Crippen molar-refractivity contribution in [2.24, 2.45) is 0 Å². The summed E-state index contributed by atoms with van der Waals surface area (Å²) in [7, 11) is 1.78. The predicted molar refractivity (Wildman–Crippen MR) is 110 cm³/mol. The second-order valence-corrected chi connectivity index (χ2v) is 7.37. The number of hydrogen-bond donors (Lipinski definition) is 2. The zero-order valence-corrected chi connectivity index (χ0v) is 16.5. The highest BCUT2D eigenvalue weighted by atomic mass is 16.2. The minimum atomic E-state index is -0.415. The van der Waals surface area contributed by atoms with Gasteiger partial charge in [0.2, 0.25) is 5.91 Å². The molecule has 1 fully saturated rings. The number of rotatable bonds is 5. The summed E-state index contributed by atoms with van der Waals surface area (Å²) < 4.78 is 0. The molecular formula is C22H28N4O2. The number of carbonyl (C=O) groups is 2.